The van der Waals surface area contributed by atoms with Gasteiger partial charge in [-0.1, -0.05) is 0 Å². The number of hydrogen-bond acceptors (Lipinski definition) is 7. The standard InChI is InChI=1S/C30H28F5N5O4/c1-15-10-18-11-19(12-22(44-5)25(18)40-39-15)27(42)36-14-29(43,30(33,34)35)23-13-21(28(3,4)38-16(2)41)24(32)26(37-23)17-6-8-20(31)9-7-17/h6-13,43H,14H2,1-5H3,(H,36,42)(H,38,41). The molecule has 0 bridgehead atoms. The first kappa shape index (κ1) is 32.2. The molecule has 1 atom stereocenters. The Balaban J connectivity index is 1.82. The summed E-state index contributed by atoms with van der Waals surface area (Å²) in [5.41, 5.74) is -6.93. The fourth-order valence-corrected chi connectivity index (χ4v) is 4.66. The van der Waals surface area contributed by atoms with Crippen LogP contribution in [0.15, 0.2) is 48.5 Å². The first-order valence-corrected chi connectivity index (χ1v) is 13.1. The number of pyridine rings is 1. The smallest absolute Gasteiger partial charge is 0.424 e. The molecule has 14 heteroatoms. The zero-order valence-electron chi connectivity index (χ0n) is 24.2. The Hall–Kier alpha value is -4.72. The van der Waals surface area contributed by atoms with Crippen molar-refractivity contribution < 1.29 is 41.4 Å². The van der Waals surface area contributed by atoms with Crippen LogP contribution in [0.5, 0.6) is 5.75 Å². The van der Waals surface area contributed by atoms with Gasteiger partial charge in [-0.15, -0.1) is 5.10 Å². The summed E-state index contributed by atoms with van der Waals surface area (Å²) >= 11 is 0. The maximum absolute atomic E-state index is 15.9. The Morgan fingerprint density at radius 1 is 1.00 bits per heavy atom. The monoisotopic (exact) mass is 617 g/mol. The van der Waals surface area contributed by atoms with Gasteiger partial charge in [0.1, 0.15) is 22.8 Å². The number of aliphatic hydroxyl groups is 1. The number of benzene rings is 2. The third-order valence-electron chi connectivity index (χ3n) is 6.89. The summed E-state index contributed by atoms with van der Waals surface area (Å²) in [7, 11) is 1.32. The van der Waals surface area contributed by atoms with Crippen molar-refractivity contribution in [3.8, 4) is 17.0 Å². The minimum absolute atomic E-state index is 0.0964. The van der Waals surface area contributed by atoms with Gasteiger partial charge in [0.25, 0.3) is 5.91 Å². The average molecular weight is 618 g/mol. The molecule has 0 aliphatic heterocycles. The molecule has 9 nitrogen and oxygen atoms in total. The number of ether oxygens (including phenoxy) is 1. The zero-order chi connectivity index (χ0) is 32.6. The van der Waals surface area contributed by atoms with Gasteiger partial charge in [-0.2, -0.15) is 18.3 Å². The Morgan fingerprint density at radius 3 is 2.25 bits per heavy atom. The Kier molecular flexibility index (Phi) is 8.60. The molecule has 2 aromatic heterocycles. The van der Waals surface area contributed by atoms with Gasteiger partial charge in [0.05, 0.1) is 30.6 Å². The molecule has 0 fully saturated rings. The van der Waals surface area contributed by atoms with Crippen molar-refractivity contribution in [1.29, 1.82) is 0 Å². The van der Waals surface area contributed by atoms with Crippen molar-refractivity contribution in [1.82, 2.24) is 25.8 Å². The first-order chi connectivity index (χ1) is 20.5. The molecule has 232 valence electrons. The predicted octanol–water partition coefficient (Wildman–Crippen LogP) is 4.84. The molecule has 0 saturated heterocycles. The van der Waals surface area contributed by atoms with Crippen LogP contribution in [0.4, 0.5) is 22.0 Å². The number of nitrogens with zero attached hydrogens (tertiary/aromatic N) is 3. The van der Waals surface area contributed by atoms with Crippen LogP contribution >= 0.6 is 0 Å². The molecule has 0 radical (unpaired) electrons. The zero-order valence-corrected chi connectivity index (χ0v) is 24.2. The number of alkyl halides is 3. The maximum atomic E-state index is 15.9. The number of nitrogens with one attached hydrogen (secondary N) is 2. The largest absolute Gasteiger partial charge is 0.494 e. The van der Waals surface area contributed by atoms with E-state index in [1.807, 2.05) is 0 Å². The van der Waals surface area contributed by atoms with Crippen LogP contribution < -0.4 is 15.4 Å². The van der Waals surface area contributed by atoms with Crippen molar-refractivity contribution in [2.75, 3.05) is 13.7 Å². The molecule has 1 unspecified atom stereocenters. The number of rotatable bonds is 8. The Morgan fingerprint density at radius 2 is 1.66 bits per heavy atom. The Labute approximate surface area is 248 Å². The highest BCUT2D eigenvalue weighted by atomic mass is 19.4. The fraction of sp³-hybridized carbons (Fsp3) is 0.300. The van der Waals surface area contributed by atoms with Crippen LogP contribution in [-0.4, -0.2) is 51.9 Å². The number of fused-ring (bicyclic) bond motifs is 1. The van der Waals surface area contributed by atoms with Crippen LogP contribution in [0, 0.1) is 18.6 Å². The van der Waals surface area contributed by atoms with Gasteiger partial charge in [0.2, 0.25) is 11.5 Å². The van der Waals surface area contributed by atoms with Gasteiger partial charge in [0.15, 0.2) is 5.82 Å². The lowest BCUT2D eigenvalue weighted by atomic mass is 9.88. The van der Waals surface area contributed by atoms with Gasteiger partial charge < -0.3 is 20.5 Å². The second-order valence-electron chi connectivity index (χ2n) is 10.7. The van der Waals surface area contributed by atoms with Crippen LogP contribution in [-0.2, 0) is 15.9 Å². The SMILES string of the molecule is COc1cc(C(=O)NCC(O)(c2cc(C(C)(C)NC(C)=O)c(F)c(-c3ccc(F)cc3)n2)C(F)(F)F)cc2cc(C)nnc12. The number of hydrogen-bond donors (Lipinski definition) is 3. The van der Waals surface area contributed by atoms with E-state index in [2.05, 4.69) is 25.8 Å². The van der Waals surface area contributed by atoms with E-state index in [-0.39, 0.29) is 16.9 Å². The summed E-state index contributed by atoms with van der Waals surface area (Å²) in [5, 5.41) is 24.1. The van der Waals surface area contributed by atoms with E-state index in [0.29, 0.717) is 22.7 Å². The summed E-state index contributed by atoms with van der Waals surface area (Å²) in [6.45, 7) is 4.06. The van der Waals surface area contributed by atoms with Crippen molar-refractivity contribution in [2.24, 2.45) is 0 Å². The second-order valence-corrected chi connectivity index (χ2v) is 10.7. The summed E-state index contributed by atoms with van der Waals surface area (Å²) in [4.78, 5) is 28.8. The summed E-state index contributed by atoms with van der Waals surface area (Å²) in [5.74, 6) is -3.26. The highest BCUT2D eigenvalue weighted by Crippen LogP contribution is 2.41. The van der Waals surface area contributed by atoms with Gasteiger partial charge in [-0.25, -0.2) is 13.8 Å². The molecular formula is C30H28F5N5O4. The molecular weight excluding hydrogens is 589 g/mol. The summed E-state index contributed by atoms with van der Waals surface area (Å²) in [6.07, 6.45) is -5.44. The van der Waals surface area contributed by atoms with E-state index in [4.69, 9.17) is 4.74 Å². The molecule has 0 aliphatic rings. The van der Waals surface area contributed by atoms with Crippen molar-refractivity contribution in [3.05, 3.63) is 82.7 Å². The molecule has 0 saturated carbocycles. The normalized spacial score (nSPS) is 13.3. The van der Waals surface area contributed by atoms with Crippen molar-refractivity contribution in [2.45, 2.75) is 45.0 Å². The molecule has 3 N–H and O–H groups in total. The predicted molar refractivity (Wildman–Crippen MR) is 150 cm³/mol. The van der Waals surface area contributed by atoms with E-state index >= 15 is 4.39 Å². The van der Waals surface area contributed by atoms with Crippen LogP contribution in [0.1, 0.15) is 48.1 Å². The molecule has 0 aliphatic carbocycles. The van der Waals surface area contributed by atoms with E-state index in [1.165, 1.54) is 33.1 Å². The van der Waals surface area contributed by atoms with Gasteiger partial charge in [-0.05, 0) is 69.3 Å². The van der Waals surface area contributed by atoms with Crippen LogP contribution in [0.3, 0.4) is 0 Å². The summed E-state index contributed by atoms with van der Waals surface area (Å²) in [6, 6.07) is 9.04. The lowest BCUT2D eigenvalue weighted by molar-refractivity contribution is -0.265. The number of aryl methyl sites for hydroxylation is 1. The fourth-order valence-electron chi connectivity index (χ4n) is 4.66. The molecule has 2 amide bonds. The van der Waals surface area contributed by atoms with Crippen molar-refractivity contribution >= 4 is 22.7 Å². The number of aromatic nitrogens is 3. The highest BCUT2D eigenvalue weighted by Gasteiger charge is 2.57. The molecule has 2 heterocycles. The van der Waals surface area contributed by atoms with Gasteiger partial charge >= 0.3 is 6.18 Å². The highest BCUT2D eigenvalue weighted by molar-refractivity contribution is 5.99. The minimum Gasteiger partial charge on any atom is -0.494 e. The van der Waals surface area contributed by atoms with Gasteiger partial charge in [0, 0.05) is 29.0 Å². The first-order valence-electron chi connectivity index (χ1n) is 13.1. The number of methoxy groups -OCH3 is 1. The van der Waals surface area contributed by atoms with Crippen LogP contribution in [0.2, 0.25) is 0 Å². The van der Waals surface area contributed by atoms with Crippen LogP contribution in [0.25, 0.3) is 22.2 Å². The number of amides is 2. The second kappa shape index (κ2) is 11.8. The third-order valence-corrected chi connectivity index (χ3v) is 6.89. The molecule has 44 heavy (non-hydrogen) atoms. The summed E-state index contributed by atoms with van der Waals surface area (Å²) < 4.78 is 78.7. The van der Waals surface area contributed by atoms with E-state index in [0.717, 1.165) is 31.2 Å². The average Bonchev–Trinajstić information content (AvgIpc) is 2.94. The number of carbonyl (C=O) groups is 2. The molecule has 4 aromatic rings. The third kappa shape index (κ3) is 6.30. The lowest BCUT2D eigenvalue weighted by Gasteiger charge is -2.33. The number of carbonyl (C=O) groups excluding carboxylic acids is 2. The van der Waals surface area contributed by atoms with E-state index in [9.17, 15) is 32.3 Å². The minimum atomic E-state index is -5.44. The topological polar surface area (TPSA) is 126 Å². The van der Waals surface area contributed by atoms with E-state index in [1.54, 1.807) is 13.0 Å². The number of halogens is 5. The maximum Gasteiger partial charge on any atom is 0.424 e. The molecule has 4 rings (SSSR count). The quantitative estimate of drug-likeness (QED) is 0.242. The van der Waals surface area contributed by atoms with Crippen molar-refractivity contribution in [3.63, 3.8) is 0 Å². The Bertz CT molecular complexity index is 1750. The molecule has 0 spiro atoms. The van der Waals surface area contributed by atoms with Gasteiger partial charge in [-0.3, -0.25) is 9.59 Å². The van der Waals surface area contributed by atoms with E-state index < -0.39 is 64.3 Å². The lowest BCUT2D eigenvalue weighted by Crippen LogP contribution is -2.52. The molecule has 2 aromatic carbocycles.